The molecule has 1 saturated heterocycles. The number of hydrogen-bond acceptors (Lipinski definition) is 5. The SMILES string of the molecule is CSCC[C@@H](N)C(=O)NC1(CO)CCOCC1. The van der Waals surface area contributed by atoms with Crippen molar-refractivity contribution in [3.05, 3.63) is 0 Å². The minimum Gasteiger partial charge on any atom is -0.394 e. The minimum absolute atomic E-state index is 0.0582. The molecule has 1 aliphatic rings. The zero-order chi connectivity index (χ0) is 12.7. The van der Waals surface area contributed by atoms with Crippen molar-refractivity contribution >= 4 is 17.7 Å². The Balaban J connectivity index is 2.46. The van der Waals surface area contributed by atoms with Crippen LogP contribution in [-0.4, -0.2) is 54.4 Å². The summed E-state index contributed by atoms with van der Waals surface area (Å²) in [4.78, 5) is 11.9. The number of thioether (sulfide) groups is 1. The van der Waals surface area contributed by atoms with Crippen molar-refractivity contribution in [2.45, 2.75) is 30.8 Å². The fraction of sp³-hybridized carbons (Fsp3) is 0.909. The van der Waals surface area contributed by atoms with Crippen molar-refractivity contribution in [3.63, 3.8) is 0 Å². The lowest BCUT2D eigenvalue weighted by molar-refractivity contribution is -0.126. The van der Waals surface area contributed by atoms with E-state index in [1.54, 1.807) is 11.8 Å². The van der Waals surface area contributed by atoms with E-state index >= 15 is 0 Å². The maximum Gasteiger partial charge on any atom is 0.237 e. The summed E-state index contributed by atoms with van der Waals surface area (Å²) in [6.07, 6.45) is 3.93. The number of hydrogen-bond donors (Lipinski definition) is 3. The Bertz CT molecular complexity index is 245. The van der Waals surface area contributed by atoms with Gasteiger partial charge in [-0.3, -0.25) is 4.79 Å². The molecule has 1 heterocycles. The van der Waals surface area contributed by atoms with Crippen molar-refractivity contribution < 1.29 is 14.6 Å². The number of amides is 1. The zero-order valence-electron chi connectivity index (χ0n) is 10.3. The summed E-state index contributed by atoms with van der Waals surface area (Å²) in [6, 6.07) is -0.492. The second-order valence-electron chi connectivity index (χ2n) is 4.43. The highest BCUT2D eigenvalue weighted by Crippen LogP contribution is 2.20. The van der Waals surface area contributed by atoms with Crippen LogP contribution in [0.4, 0.5) is 0 Å². The molecule has 0 aromatic rings. The Labute approximate surface area is 106 Å². The molecule has 0 spiro atoms. The van der Waals surface area contributed by atoms with Crippen LogP contribution in [0.5, 0.6) is 0 Å². The topological polar surface area (TPSA) is 84.6 Å². The standard InChI is InChI=1S/C11H22N2O3S/c1-17-7-2-9(12)10(15)13-11(8-14)3-5-16-6-4-11/h9,14H,2-8,12H2,1H3,(H,13,15)/t9-/m1/s1. The number of ether oxygens (including phenoxy) is 1. The Hall–Kier alpha value is -0.300. The van der Waals surface area contributed by atoms with Crippen LogP contribution in [0.25, 0.3) is 0 Å². The number of aliphatic hydroxyl groups is 1. The molecule has 0 aromatic carbocycles. The molecule has 0 radical (unpaired) electrons. The molecule has 0 bridgehead atoms. The van der Waals surface area contributed by atoms with Crippen molar-refractivity contribution in [1.29, 1.82) is 0 Å². The number of nitrogens with two attached hydrogens (primary N) is 1. The lowest BCUT2D eigenvalue weighted by Gasteiger charge is -2.37. The number of aliphatic hydroxyl groups excluding tert-OH is 1. The summed E-state index contributed by atoms with van der Waals surface area (Å²) in [5.74, 6) is 0.694. The molecule has 4 N–H and O–H groups in total. The summed E-state index contributed by atoms with van der Waals surface area (Å²) < 4.78 is 5.24. The van der Waals surface area contributed by atoms with Gasteiger partial charge in [-0.15, -0.1) is 0 Å². The fourth-order valence-corrected chi connectivity index (χ4v) is 2.30. The van der Waals surface area contributed by atoms with Gasteiger partial charge in [-0.1, -0.05) is 0 Å². The van der Waals surface area contributed by atoms with E-state index in [0.717, 1.165) is 5.75 Å². The smallest absolute Gasteiger partial charge is 0.237 e. The summed E-state index contributed by atoms with van der Waals surface area (Å²) in [5.41, 5.74) is 5.26. The van der Waals surface area contributed by atoms with Gasteiger partial charge in [0.05, 0.1) is 18.2 Å². The monoisotopic (exact) mass is 262 g/mol. The quantitative estimate of drug-likeness (QED) is 0.613. The zero-order valence-corrected chi connectivity index (χ0v) is 11.1. The van der Waals surface area contributed by atoms with Crippen LogP contribution in [0.1, 0.15) is 19.3 Å². The van der Waals surface area contributed by atoms with Crippen molar-refractivity contribution in [2.75, 3.05) is 31.8 Å². The molecule has 1 aliphatic heterocycles. The summed E-state index contributed by atoms with van der Waals surface area (Å²) in [5, 5.41) is 12.3. The third-order valence-electron chi connectivity index (χ3n) is 3.11. The van der Waals surface area contributed by atoms with Crippen LogP contribution in [0.3, 0.4) is 0 Å². The molecule has 0 saturated carbocycles. The van der Waals surface area contributed by atoms with E-state index in [4.69, 9.17) is 10.5 Å². The third-order valence-corrected chi connectivity index (χ3v) is 3.75. The van der Waals surface area contributed by atoms with E-state index in [2.05, 4.69) is 5.32 Å². The van der Waals surface area contributed by atoms with Gasteiger partial charge in [0.15, 0.2) is 0 Å². The maximum atomic E-state index is 11.9. The molecule has 0 unspecified atom stereocenters. The van der Waals surface area contributed by atoms with Gasteiger partial charge in [-0.25, -0.2) is 0 Å². The molecule has 0 aromatic heterocycles. The molecule has 17 heavy (non-hydrogen) atoms. The van der Waals surface area contributed by atoms with Crippen molar-refractivity contribution in [1.82, 2.24) is 5.32 Å². The van der Waals surface area contributed by atoms with Gasteiger partial charge >= 0.3 is 0 Å². The first kappa shape index (κ1) is 14.8. The number of carbonyl (C=O) groups is 1. The fourth-order valence-electron chi connectivity index (χ4n) is 1.81. The van der Waals surface area contributed by atoms with Gasteiger partial charge < -0.3 is 20.9 Å². The van der Waals surface area contributed by atoms with Gasteiger partial charge in [0.1, 0.15) is 0 Å². The molecule has 1 fully saturated rings. The molecule has 100 valence electrons. The van der Waals surface area contributed by atoms with Gasteiger partial charge in [0.2, 0.25) is 5.91 Å². The average molecular weight is 262 g/mol. The molecule has 1 amide bonds. The third kappa shape index (κ3) is 4.46. The number of carbonyl (C=O) groups excluding carboxylic acids is 1. The molecule has 0 aliphatic carbocycles. The van der Waals surface area contributed by atoms with Gasteiger partial charge in [-0.05, 0) is 31.3 Å². The van der Waals surface area contributed by atoms with Crippen LogP contribution >= 0.6 is 11.8 Å². The molecular formula is C11H22N2O3S. The Morgan fingerprint density at radius 1 is 1.59 bits per heavy atom. The number of nitrogens with one attached hydrogen (secondary N) is 1. The normalized spacial score (nSPS) is 20.9. The Morgan fingerprint density at radius 3 is 2.76 bits per heavy atom. The first-order chi connectivity index (χ1) is 8.13. The molecule has 5 nitrogen and oxygen atoms in total. The first-order valence-electron chi connectivity index (χ1n) is 5.89. The lowest BCUT2D eigenvalue weighted by Crippen LogP contribution is -2.58. The van der Waals surface area contributed by atoms with Crippen LogP contribution < -0.4 is 11.1 Å². The van der Waals surface area contributed by atoms with E-state index in [1.165, 1.54) is 0 Å². The van der Waals surface area contributed by atoms with Crippen LogP contribution in [-0.2, 0) is 9.53 Å². The molecule has 1 atom stereocenters. The largest absolute Gasteiger partial charge is 0.394 e. The highest BCUT2D eigenvalue weighted by molar-refractivity contribution is 7.98. The Morgan fingerprint density at radius 2 is 2.24 bits per heavy atom. The van der Waals surface area contributed by atoms with E-state index in [9.17, 15) is 9.90 Å². The van der Waals surface area contributed by atoms with E-state index in [1.807, 2.05) is 6.26 Å². The van der Waals surface area contributed by atoms with E-state index < -0.39 is 11.6 Å². The predicted molar refractivity (Wildman–Crippen MR) is 69.0 cm³/mol. The molecule has 1 rings (SSSR count). The second kappa shape index (κ2) is 7.20. The summed E-state index contributed by atoms with van der Waals surface area (Å²) >= 11 is 1.67. The van der Waals surface area contributed by atoms with Crippen LogP contribution in [0.2, 0.25) is 0 Å². The van der Waals surface area contributed by atoms with Crippen LogP contribution in [0.15, 0.2) is 0 Å². The number of rotatable bonds is 6. The first-order valence-corrected chi connectivity index (χ1v) is 7.28. The highest BCUT2D eigenvalue weighted by Gasteiger charge is 2.34. The van der Waals surface area contributed by atoms with Crippen LogP contribution in [0, 0.1) is 0 Å². The highest BCUT2D eigenvalue weighted by atomic mass is 32.2. The van der Waals surface area contributed by atoms with Gasteiger partial charge in [0, 0.05) is 13.2 Å². The van der Waals surface area contributed by atoms with Crippen molar-refractivity contribution in [3.8, 4) is 0 Å². The van der Waals surface area contributed by atoms with E-state index in [0.29, 0.717) is 32.5 Å². The van der Waals surface area contributed by atoms with Gasteiger partial charge in [0.25, 0.3) is 0 Å². The summed E-state index contributed by atoms with van der Waals surface area (Å²) in [7, 11) is 0. The predicted octanol–water partition coefficient (Wildman–Crippen LogP) is -0.275. The molecule has 6 heteroatoms. The second-order valence-corrected chi connectivity index (χ2v) is 5.41. The molecular weight excluding hydrogens is 240 g/mol. The van der Waals surface area contributed by atoms with Crippen molar-refractivity contribution in [2.24, 2.45) is 5.73 Å². The average Bonchev–Trinajstić information content (AvgIpc) is 2.36. The Kier molecular flexibility index (Phi) is 6.26. The summed E-state index contributed by atoms with van der Waals surface area (Å²) in [6.45, 7) is 1.08. The lowest BCUT2D eigenvalue weighted by atomic mass is 9.90. The minimum atomic E-state index is -0.535. The van der Waals surface area contributed by atoms with E-state index in [-0.39, 0.29) is 12.5 Å². The maximum absolute atomic E-state index is 11.9. The van der Waals surface area contributed by atoms with Gasteiger partial charge in [-0.2, -0.15) is 11.8 Å².